The number of carbonyl (C=O) groups is 2. The lowest BCUT2D eigenvalue weighted by molar-refractivity contribution is -0.114. The van der Waals surface area contributed by atoms with Gasteiger partial charge in [-0.3, -0.25) is 9.59 Å². The number of rotatable bonds is 6. The van der Waals surface area contributed by atoms with Crippen molar-refractivity contribution >= 4 is 46.4 Å². The zero-order valence-corrected chi connectivity index (χ0v) is 18.7. The van der Waals surface area contributed by atoms with Crippen LogP contribution in [0.1, 0.15) is 48.7 Å². The number of nitrogens with one attached hydrogen (secondary N) is 2. The van der Waals surface area contributed by atoms with E-state index in [1.54, 1.807) is 12.1 Å². The van der Waals surface area contributed by atoms with Crippen LogP contribution in [0.5, 0.6) is 0 Å². The molecule has 0 aromatic heterocycles. The largest absolute Gasteiger partial charge is 0.371 e. The van der Waals surface area contributed by atoms with Gasteiger partial charge in [-0.05, 0) is 49.4 Å². The van der Waals surface area contributed by atoms with Crippen LogP contribution >= 0.6 is 23.2 Å². The van der Waals surface area contributed by atoms with Crippen LogP contribution in [0.15, 0.2) is 48.5 Å². The topological polar surface area (TPSA) is 61.4 Å². The van der Waals surface area contributed by atoms with Crippen molar-refractivity contribution in [2.24, 2.45) is 5.92 Å². The van der Waals surface area contributed by atoms with Crippen molar-refractivity contribution in [3.05, 3.63) is 59.7 Å². The molecule has 7 heteroatoms. The standard InChI is InChI=1S/C23H27Cl2N3O2/c1-15-10-12-28(13-11-15)20-9-8-18(27-23(30)21(24)25)14-19(20)22(29)26-16(2)17-6-4-3-5-7-17/h3-9,14-16,21H,10-13H2,1-2H3,(H,26,29)(H,27,30). The lowest BCUT2D eigenvalue weighted by Crippen LogP contribution is -2.35. The highest BCUT2D eigenvalue weighted by Gasteiger charge is 2.23. The molecule has 30 heavy (non-hydrogen) atoms. The highest BCUT2D eigenvalue weighted by Crippen LogP contribution is 2.29. The smallest absolute Gasteiger partial charge is 0.257 e. The van der Waals surface area contributed by atoms with E-state index >= 15 is 0 Å². The van der Waals surface area contributed by atoms with Gasteiger partial charge in [0.05, 0.1) is 11.6 Å². The minimum absolute atomic E-state index is 0.152. The maximum Gasteiger partial charge on any atom is 0.257 e. The molecule has 0 bridgehead atoms. The van der Waals surface area contributed by atoms with Gasteiger partial charge >= 0.3 is 0 Å². The van der Waals surface area contributed by atoms with Crippen molar-refractivity contribution in [1.29, 1.82) is 0 Å². The van der Waals surface area contributed by atoms with E-state index in [1.807, 2.05) is 43.3 Å². The third kappa shape index (κ3) is 5.67. The van der Waals surface area contributed by atoms with Crippen LogP contribution in [-0.4, -0.2) is 29.7 Å². The Hall–Kier alpha value is -2.24. The fourth-order valence-electron chi connectivity index (χ4n) is 3.62. The van der Waals surface area contributed by atoms with Gasteiger partial charge in [0.15, 0.2) is 4.84 Å². The Morgan fingerprint density at radius 1 is 1.07 bits per heavy atom. The molecule has 0 saturated carbocycles. The number of halogens is 2. The molecule has 0 radical (unpaired) electrons. The molecule has 2 N–H and O–H groups in total. The molecule has 160 valence electrons. The number of nitrogens with zero attached hydrogens (tertiary/aromatic N) is 1. The average molecular weight is 448 g/mol. The Kier molecular flexibility index (Phi) is 7.62. The summed E-state index contributed by atoms with van der Waals surface area (Å²) in [5, 5.41) is 5.73. The van der Waals surface area contributed by atoms with Crippen LogP contribution < -0.4 is 15.5 Å². The van der Waals surface area contributed by atoms with Crippen molar-refractivity contribution in [3.63, 3.8) is 0 Å². The summed E-state index contributed by atoms with van der Waals surface area (Å²) in [4.78, 5) is 26.2. The van der Waals surface area contributed by atoms with Crippen LogP contribution in [0.25, 0.3) is 0 Å². The molecule has 1 saturated heterocycles. The van der Waals surface area contributed by atoms with Gasteiger partial charge in [0.1, 0.15) is 0 Å². The van der Waals surface area contributed by atoms with Gasteiger partial charge in [-0.25, -0.2) is 0 Å². The first kappa shape index (κ1) is 22.4. The predicted molar refractivity (Wildman–Crippen MR) is 123 cm³/mol. The van der Waals surface area contributed by atoms with Crippen LogP contribution in [0, 0.1) is 5.92 Å². The normalized spacial score (nSPS) is 15.7. The number of alkyl halides is 2. The molecule has 2 amide bonds. The number of anilines is 2. The average Bonchev–Trinajstić information content (AvgIpc) is 2.75. The number of hydrogen-bond donors (Lipinski definition) is 2. The summed E-state index contributed by atoms with van der Waals surface area (Å²) in [5.41, 5.74) is 2.89. The summed E-state index contributed by atoms with van der Waals surface area (Å²) in [6.07, 6.45) is 2.17. The van der Waals surface area contributed by atoms with Crippen molar-refractivity contribution in [2.45, 2.75) is 37.6 Å². The summed E-state index contributed by atoms with van der Waals surface area (Å²) >= 11 is 11.3. The predicted octanol–water partition coefficient (Wildman–Crippen LogP) is 5.16. The van der Waals surface area contributed by atoms with Crippen LogP contribution in [0.2, 0.25) is 0 Å². The van der Waals surface area contributed by atoms with Gasteiger partial charge in [0.25, 0.3) is 11.8 Å². The van der Waals surface area contributed by atoms with Crippen LogP contribution in [-0.2, 0) is 4.79 Å². The molecule has 1 atom stereocenters. The Balaban J connectivity index is 1.87. The van der Waals surface area contributed by atoms with Gasteiger partial charge in [-0.15, -0.1) is 0 Å². The first-order valence-corrected chi connectivity index (χ1v) is 11.1. The number of carbonyl (C=O) groups excluding carboxylic acids is 2. The molecule has 1 unspecified atom stereocenters. The second kappa shape index (κ2) is 10.2. The van der Waals surface area contributed by atoms with Crippen molar-refractivity contribution in [3.8, 4) is 0 Å². The molecule has 5 nitrogen and oxygen atoms in total. The molecule has 2 aromatic carbocycles. The first-order chi connectivity index (χ1) is 14.3. The van der Waals surface area contributed by atoms with Crippen molar-refractivity contribution in [1.82, 2.24) is 5.32 Å². The van der Waals surface area contributed by atoms with Gasteiger partial charge < -0.3 is 15.5 Å². The number of hydrogen-bond acceptors (Lipinski definition) is 3. The first-order valence-electron chi connectivity index (χ1n) is 10.2. The van der Waals surface area contributed by atoms with Crippen LogP contribution in [0.4, 0.5) is 11.4 Å². The summed E-state index contributed by atoms with van der Waals surface area (Å²) in [6.45, 7) is 5.99. The second-order valence-electron chi connectivity index (χ2n) is 7.80. The van der Waals surface area contributed by atoms with Gasteiger partial charge in [0.2, 0.25) is 0 Å². The summed E-state index contributed by atoms with van der Waals surface area (Å²) in [7, 11) is 0. The lowest BCUT2D eigenvalue weighted by atomic mass is 9.97. The third-order valence-electron chi connectivity index (χ3n) is 5.48. The quantitative estimate of drug-likeness (QED) is 0.601. The molecule has 0 spiro atoms. The molecular formula is C23H27Cl2N3O2. The molecule has 0 aliphatic carbocycles. The number of piperidine rings is 1. The van der Waals surface area contributed by atoms with E-state index in [-0.39, 0.29) is 11.9 Å². The van der Waals surface area contributed by atoms with E-state index in [0.717, 1.165) is 37.2 Å². The van der Waals surface area contributed by atoms with Crippen molar-refractivity contribution < 1.29 is 9.59 Å². The highest BCUT2D eigenvalue weighted by atomic mass is 35.5. The van der Waals surface area contributed by atoms with E-state index in [2.05, 4.69) is 22.5 Å². The lowest BCUT2D eigenvalue weighted by Gasteiger charge is -2.33. The van der Waals surface area contributed by atoms with E-state index in [1.165, 1.54) is 0 Å². The molecular weight excluding hydrogens is 421 g/mol. The highest BCUT2D eigenvalue weighted by molar-refractivity contribution is 6.54. The summed E-state index contributed by atoms with van der Waals surface area (Å²) in [5.74, 6) is -0.0363. The van der Waals surface area contributed by atoms with Crippen molar-refractivity contribution in [2.75, 3.05) is 23.3 Å². The summed E-state index contributed by atoms with van der Waals surface area (Å²) in [6, 6.07) is 15.0. The molecule has 1 fully saturated rings. The fourth-order valence-corrected chi connectivity index (χ4v) is 3.73. The Morgan fingerprint density at radius 3 is 2.37 bits per heavy atom. The second-order valence-corrected chi connectivity index (χ2v) is 8.89. The molecule has 1 heterocycles. The SMILES string of the molecule is CC1CCN(c2ccc(NC(=O)C(Cl)Cl)cc2C(=O)NC(C)c2ccccc2)CC1. The molecule has 1 aliphatic heterocycles. The molecule has 2 aromatic rings. The Morgan fingerprint density at radius 2 is 1.73 bits per heavy atom. The third-order valence-corrected chi connectivity index (χ3v) is 5.87. The fraction of sp³-hybridized carbons (Fsp3) is 0.391. The molecule has 3 rings (SSSR count). The maximum atomic E-state index is 13.2. The number of amides is 2. The van der Waals surface area contributed by atoms with E-state index in [0.29, 0.717) is 17.2 Å². The number of benzene rings is 2. The maximum absolute atomic E-state index is 13.2. The monoisotopic (exact) mass is 447 g/mol. The Bertz CT molecular complexity index is 881. The van der Waals surface area contributed by atoms with E-state index < -0.39 is 10.7 Å². The van der Waals surface area contributed by atoms with Gasteiger partial charge in [-0.1, -0.05) is 60.5 Å². The van der Waals surface area contributed by atoms with Gasteiger partial charge in [-0.2, -0.15) is 0 Å². The Labute approximate surface area is 187 Å². The molecule has 1 aliphatic rings. The van der Waals surface area contributed by atoms with Gasteiger partial charge in [0, 0.05) is 24.5 Å². The van der Waals surface area contributed by atoms with E-state index in [4.69, 9.17) is 23.2 Å². The summed E-state index contributed by atoms with van der Waals surface area (Å²) < 4.78 is 0. The minimum atomic E-state index is -1.18. The zero-order chi connectivity index (χ0) is 21.7. The van der Waals surface area contributed by atoms with Crippen LogP contribution in [0.3, 0.4) is 0 Å². The zero-order valence-electron chi connectivity index (χ0n) is 17.2. The minimum Gasteiger partial charge on any atom is -0.371 e. The van der Waals surface area contributed by atoms with E-state index in [9.17, 15) is 9.59 Å².